The summed E-state index contributed by atoms with van der Waals surface area (Å²) in [6.07, 6.45) is 3.13. The van der Waals surface area contributed by atoms with Crippen molar-refractivity contribution < 1.29 is 19.2 Å². The van der Waals surface area contributed by atoms with E-state index in [1.54, 1.807) is 24.3 Å². The van der Waals surface area contributed by atoms with E-state index in [0.717, 1.165) is 24.8 Å². The number of amides is 2. The molecular formula is C19H17NO4. The first-order chi connectivity index (χ1) is 11.6. The molecule has 0 N–H and O–H groups in total. The van der Waals surface area contributed by atoms with E-state index < -0.39 is 17.8 Å². The van der Waals surface area contributed by atoms with E-state index in [2.05, 4.69) is 6.92 Å². The molecule has 1 aliphatic rings. The van der Waals surface area contributed by atoms with Gasteiger partial charge in [0, 0.05) is 0 Å². The topological polar surface area (TPSA) is 63.7 Å². The lowest BCUT2D eigenvalue weighted by Gasteiger charge is -2.12. The van der Waals surface area contributed by atoms with Crippen LogP contribution in [0.2, 0.25) is 0 Å². The zero-order chi connectivity index (χ0) is 17.1. The van der Waals surface area contributed by atoms with E-state index >= 15 is 0 Å². The van der Waals surface area contributed by atoms with Crippen molar-refractivity contribution in [2.24, 2.45) is 0 Å². The summed E-state index contributed by atoms with van der Waals surface area (Å²) < 4.78 is 0. The number of aryl methyl sites for hydroxylation is 1. The van der Waals surface area contributed by atoms with Crippen molar-refractivity contribution in [2.75, 3.05) is 0 Å². The normalized spacial score (nSPS) is 13.1. The number of carbonyl (C=O) groups is 3. The lowest BCUT2D eigenvalue weighted by Crippen LogP contribution is -2.32. The highest BCUT2D eigenvalue weighted by Crippen LogP contribution is 2.23. The molecule has 5 nitrogen and oxygen atoms in total. The number of hydroxylamine groups is 2. The Labute approximate surface area is 139 Å². The number of unbranched alkanes of at least 4 members (excludes halogenated alkanes) is 1. The van der Waals surface area contributed by atoms with Gasteiger partial charge in [0.15, 0.2) is 0 Å². The summed E-state index contributed by atoms with van der Waals surface area (Å²) in [5, 5.41) is 0.526. The van der Waals surface area contributed by atoms with Gasteiger partial charge in [0.05, 0.1) is 16.7 Å². The monoisotopic (exact) mass is 323 g/mol. The molecule has 0 atom stereocenters. The molecule has 0 fully saturated rings. The molecular weight excluding hydrogens is 306 g/mol. The number of rotatable bonds is 5. The molecule has 2 amide bonds. The van der Waals surface area contributed by atoms with Crippen molar-refractivity contribution in [3.05, 3.63) is 70.8 Å². The van der Waals surface area contributed by atoms with Crippen LogP contribution < -0.4 is 0 Å². The summed E-state index contributed by atoms with van der Waals surface area (Å²) >= 11 is 0. The number of carbonyl (C=O) groups excluding carboxylic acids is 3. The molecule has 3 rings (SSSR count). The van der Waals surface area contributed by atoms with E-state index in [1.807, 2.05) is 12.1 Å². The lowest BCUT2D eigenvalue weighted by atomic mass is 10.1. The summed E-state index contributed by atoms with van der Waals surface area (Å²) in [5.74, 6) is -1.97. The number of fused-ring (bicyclic) bond motifs is 1. The van der Waals surface area contributed by atoms with Gasteiger partial charge in [-0.05, 0) is 42.7 Å². The van der Waals surface area contributed by atoms with Crippen molar-refractivity contribution in [2.45, 2.75) is 26.2 Å². The van der Waals surface area contributed by atoms with Crippen LogP contribution in [0.5, 0.6) is 0 Å². The maximum absolute atomic E-state index is 12.2. The maximum Gasteiger partial charge on any atom is 0.363 e. The molecule has 1 aliphatic heterocycles. The molecule has 0 saturated heterocycles. The molecule has 0 saturated carbocycles. The molecule has 122 valence electrons. The Morgan fingerprint density at radius 3 is 2.08 bits per heavy atom. The summed E-state index contributed by atoms with van der Waals surface area (Å²) in [6.45, 7) is 2.12. The third kappa shape index (κ3) is 2.93. The predicted octanol–water partition coefficient (Wildman–Crippen LogP) is 3.40. The Balaban J connectivity index is 1.72. The Kier molecular flexibility index (Phi) is 4.42. The number of hydrogen-bond donors (Lipinski definition) is 0. The molecule has 2 aromatic rings. The second kappa shape index (κ2) is 6.66. The average Bonchev–Trinajstić information content (AvgIpc) is 2.85. The van der Waals surface area contributed by atoms with Crippen LogP contribution in [0.3, 0.4) is 0 Å². The highest BCUT2D eigenvalue weighted by Gasteiger charge is 2.38. The maximum atomic E-state index is 12.2. The van der Waals surface area contributed by atoms with Gasteiger partial charge < -0.3 is 4.84 Å². The summed E-state index contributed by atoms with van der Waals surface area (Å²) in [4.78, 5) is 41.6. The quantitative estimate of drug-likeness (QED) is 0.791. The number of nitrogens with zero attached hydrogens (tertiary/aromatic N) is 1. The minimum atomic E-state index is -0.730. The van der Waals surface area contributed by atoms with Crippen LogP contribution in [0.1, 0.15) is 56.4 Å². The van der Waals surface area contributed by atoms with Crippen molar-refractivity contribution in [3.8, 4) is 0 Å². The first-order valence-electron chi connectivity index (χ1n) is 7.91. The number of hydrogen-bond acceptors (Lipinski definition) is 4. The first kappa shape index (κ1) is 15.9. The van der Waals surface area contributed by atoms with Crippen molar-refractivity contribution >= 4 is 17.8 Å². The van der Waals surface area contributed by atoms with E-state index in [-0.39, 0.29) is 11.1 Å². The molecule has 0 spiro atoms. The van der Waals surface area contributed by atoms with Gasteiger partial charge in [0.1, 0.15) is 0 Å². The van der Waals surface area contributed by atoms with E-state index in [4.69, 9.17) is 4.84 Å². The van der Waals surface area contributed by atoms with Gasteiger partial charge in [-0.15, -0.1) is 0 Å². The van der Waals surface area contributed by atoms with Gasteiger partial charge in [-0.1, -0.05) is 42.7 Å². The summed E-state index contributed by atoms with van der Waals surface area (Å²) in [6, 6.07) is 13.4. The molecule has 24 heavy (non-hydrogen) atoms. The molecule has 0 radical (unpaired) electrons. The Morgan fingerprint density at radius 1 is 0.958 bits per heavy atom. The summed E-state index contributed by atoms with van der Waals surface area (Å²) in [5.41, 5.74) is 1.91. The van der Waals surface area contributed by atoms with Crippen LogP contribution in [-0.2, 0) is 11.3 Å². The lowest BCUT2D eigenvalue weighted by molar-refractivity contribution is -0.0584. The second-order valence-electron chi connectivity index (χ2n) is 5.63. The van der Waals surface area contributed by atoms with Crippen LogP contribution in [0, 0.1) is 0 Å². The van der Waals surface area contributed by atoms with Crippen LogP contribution >= 0.6 is 0 Å². The van der Waals surface area contributed by atoms with E-state index in [0.29, 0.717) is 10.6 Å². The number of benzene rings is 2. The smallest absolute Gasteiger partial charge is 0.324 e. The standard InChI is InChI=1S/C19H17NO4/c1-2-3-6-13-9-11-14(12-10-13)19(23)24-20-17(21)15-7-4-5-8-16(15)18(20)22/h4-5,7-12H,2-3,6H2,1H3. The van der Waals surface area contributed by atoms with E-state index in [9.17, 15) is 14.4 Å². The predicted molar refractivity (Wildman–Crippen MR) is 87.4 cm³/mol. The molecule has 2 aromatic carbocycles. The van der Waals surface area contributed by atoms with Gasteiger partial charge in [0.2, 0.25) is 0 Å². The van der Waals surface area contributed by atoms with Crippen LogP contribution in [-0.4, -0.2) is 22.8 Å². The number of imide groups is 1. The van der Waals surface area contributed by atoms with Crippen molar-refractivity contribution in [1.29, 1.82) is 0 Å². The van der Waals surface area contributed by atoms with Crippen LogP contribution in [0.4, 0.5) is 0 Å². The molecule has 0 aromatic heterocycles. The fourth-order valence-electron chi connectivity index (χ4n) is 2.57. The van der Waals surface area contributed by atoms with Gasteiger partial charge in [-0.3, -0.25) is 9.59 Å². The van der Waals surface area contributed by atoms with Gasteiger partial charge in [0.25, 0.3) is 11.8 Å². The molecule has 0 unspecified atom stereocenters. The zero-order valence-electron chi connectivity index (χ0n) is 13.3. The van der Waals surface area contributed by atoms with E-state index in [1.165, 1.54) is 12.1 Å². The molecule has 5 heteroatoms. The average molecular weight is 323 g/mol. The fraction of sp³-hybridized carbons (Fsp3) is 0.211. The highest BCUT2D eigenvalue weighted by atomic mass is 16.7. The molecule has 0 bridgehead atoms. The SMILES string of the molecule is CCCCc1ccc(C(=O)ON2C(=O)c3ccccc3C2=O)cc1. The minimum absolute atomic E-state index is 0.241. The first-order valence-corrected chi connectivity index (χ1v) is 7.91. The Bertz CT molecular complexity index is 760. The van der Waals surface area contributed by atoms with Crippen molar-refractivity contribution in [3.63, 3.8) is 0 Å². The fourth-order valence-corrected chi connectivity index (χ4v) is 2.57. The van der Waals surface area contributed by atoms with Crippen molar-refractivity contribution in [1.82, 2.24) is 5.06 Å². The highest BCUT2D eigenvalue weighted by molar-refractivity contribution is 6.21. The Hall–Kier alpha value is -2.95. The van der Waals surface area contributed by atoms with Gasteiger partial charge >= 0.3 is 5.97 Å². The summed E-state index contributed by atoms with van der Waals surface area (Å²) in [7, 11) is 0. The third-order valence-corrected chi connectivity index (χ3v) is 3.94. The second-order valence-corrected chi connectivity index (χ2v) is 5.63. The van der Waals surface area contributed by atoms with Crippen LogP contribution in [0.15, 0.2) is 48.5 Å². The van der Waals surface area contributed by atoms with Crippen LogP contribution in [0.25, 0.3) is 0 Å². The zero-order valence-corrected chi connectivity index (χ0v) is 13.3. The third-order valence-electron chi connectivity index (χ3n) is 3.94. The minimum Gasteiger partial charge on any atom is -0.324 e. The molecule has 0 aliphatic carbocycles. The van der Waals surface area contributed by atoms with Gasteiger partial charge in [-0.25, -0.2) is 4.79 Å². The molecule has 1 heterocycles. The van der Waals surface area contributed by atoms with Gasteiger partial charge in [-0.2, -0.15) is 0 Å². The largest absolute Gasteiger partial charge is 0.363 e. The Morgan fingerprint density at radius 2 is 1.54 bits per heavy atom.